The van der Waals surface area contributed by atoms with Gasteiger partial charge in [-0.2, -0.15) is 0 Å². The van der Waals surface area contributed by atoms with E-state index in [9.17, 15) is 14.7 Å². The summed E-state index contributed by atoms with van der Waals surface area (Å²) in [4.78, 5) is 22.3. The Kier molecular flexibility index (Phi) is 4.92. The van der Waals surface area contributed by atoms with Crippen LogP contribution in [0, 0.1) is 19.8 Å². The van der Waals surface area contributed by atoms with E-state index in [1.807, 2.05) is 0 Å². The van der Waals surface area contributed by atoms with Crippen LogP contribution in [0.4, 0.5) is 0 Å². The highest BCUT2D eigenvalue weighted by molar-refractivity contribution is 5.79. The molecule has 0 heterocycles. The monoisotopic (exact) mass is 266 g/mol. The van der Waals surface area contributed by atoms with Crippen molar-refractivity contribution in [1.82, 2.24) is 0 Å². The van der Waals surface area contributed by atoms with Crippen molar-refractivity contribution in [1.29, 1.82) is 0 Å². The van der Waals surface area contributed by atoms with Crippen LogP contribution in [-0.4, -0.2) is 29.3 Å². The highest BCUT2D eigenvalue weighted by atomic mass is 16.5. The first-order chi connectivity index (χ1) is 8.85. The van der Waals surface area contributed by atoms with E-state index in [0.717, 1.165) is 5.56 Å². The summed E-state index contributed by atoms with van der Waals surface area (Å²) in [6, 6.07) is 3.50. The number of carbonyl (C=O) groups is 2. The summed E-state index contributed by atoms with van der Waals surface area (Å²) in [7, 11) is 1.24. The lowest BCUT2D eigenvalue weighted by Gasteiger charge is -2.14. The van der Waals surface area contributed by atoms with Gasteiger partial charge in [0, 0.05) is 0 Å². The largest absolute Gasteiger partial charge is 0.507 e. The number of hydrogen-bond acceptors (Lipinski definition) is 4. The zero-order valence-electron chi connectivity index (χ0n) is 11.3. The molecule has 1 atom stereocenters. The van der Waals surface area contributed by atoms with Gasteiger partial charge in [0.15, 0.2) is 0 Å². The molecule has 0 aliphatic rings. The third-order valence-electron chi connectivity index (χ3n) is 2.99. The molecule has 0 saturated heterocycles. The molecule has 0 fully saturated rings. The standard InChI is InChI=1S/C14H18O5/c1-8-4-10(5-9(2)13(8)17)6-11(7-12(15)16)14(18)19-3/h4-5,11,17H,6-7H2,1-3H3,(H,15,16). The van der Waals surface area contributed by atoms with Crippen molar-refractivity contribution in [3.63, 3.8) is 0 Å². The first-order valence-electron chi connectivity index (χ1n) is 5.93. The van der Waals surface area contributed by atoms with Crippen LogP contribution in [0.3, 0.4) is 0 Å². The minimum atomic E-state index is -1.04. The Morgan fingerprint density at radius 3 is 2.21 bits per heavy atom. The molecule has 1 aromatic carbocycles. The Hall–Kier alpha value is -2.04. The average molecular weight is 266 g/mol. The number of ether oxygens (including phenoxy) is 1. The highest BCUT2D eigenvalue weighted by Gasteiger charge is 2.23. The number of carbonyl (C=O) groups excluding carboxylic acids is 1. The van der Waals surface area contributed by atoms with Gasteiger partial charge in [-0.25, -0.2) is 0 Å². The maximum absolute atomic E-state index is 11.6. The van der Waals surface area contributed by atoms with Gasteiger partial charge in [0.2, 0.25) is 0 Å². The van der Waals surface area contributed by atoms with Crippen LogP contribution in [0.1, 0.15) is 23.1 Å². The van der Waals surface area contributed by atoms with Gasteiger partial charge >= 0.3 is 11.9 Å². The lowest BCUT2D eigenvalue weighted by atomic mass is 9.94. The van der Waals surface area contributed by atoms with Crippen molar-refractivity contribution in [3.05, 3.63) is 28.8 Å². The summed E-state index contributed by atoms with van der Waals surface area (Å²) in [6.07, 6.45) is 0.00653. The molecule has 0 spiro atoms. The number of carboxylic acid groups (broad SMARTS) is 1. The minimum absolute atomic E-state index is 0.219. The number of methoxy groups -OCH3 is 1. The predicted molar refractivity (Wildman–Crippen MR) is 69.0 cm³/mol. The fraction of sp³-hybridized carbons (Fsp3) is 0.429. The number of benzene rings is 1. The van der Waals surface area contributed by atoms with Gasteiger partial charge in [0.1, 0.15) is 5.75 Å². The quantitative estimate of drug-likeness (QED) is 0.794. The van der Waals surface area contributed by atoms with Gasteiger partial charge in [0.25, 0.3) is 0 Å². The molecular formula is C14H18O5. The SMILES string of the molecule is COC(=O)C(CC(=O)O)Cc1cc(C)c(O)c(C)c1. The zero-order chi connectivity index (χ0) is 14.6. The fourth-order valence-electron chi connectivity index (χ4n) is 2.06. The van der Waals surface area contributed by atoms with Crippen molar-refractivity contribution in [2.45, 2.75) is 26.7 Å². The summed E-state index contributed by atoms with van der Waals surface area (Å²) < 4.78 is 4.62. The number of phenols is 1. The van der Waals surface area contributed by atoms with Crippen LogP contribution >= 0.6 is 0 Å². The maximum Gasteiger partial charge on any atom is 0.309 e. The molecule has 0 bridgehead atoms. The van der Waals surface area contributed by atoms with Gasteiger partial charge in [0.05, 0.1) is 19.4 Å². The van der Waals surface area contributed by atoms with Crippen LogP contribution in [-0.2, 0) is 20.7 Å². The number of aromatic hydroxyl groups is 1. The second-order valence-corrected chi connectivity index (χ2v) is 4.60. The summed E-state index contributed by atoms with van der Waals surface area (Å²) in [5, 5.41) is 18.5. The maximum atomic E-state index is 11.6. The molecule has 5 nitrogen and oxygen atoms in total. The molecular weight excluding hydrogens is 248 g/mol. The third-order valence-corrected chi connectivity index (χ3v) is 2.99. The first kappa shape index (κ1) is 15.0. The van der Waals surface area contributed by atoms with Crippen molar-refractivity contribution < 1.29 is 24.5 Å². The van der Waals surface area contributed by atoms with Crippen LogP contribution in [0.15, 0.2) is 12.1 Å². The molecule has 5 heteroatoms. The predicted octanol–water partition coefficient (Wildman–Crippen LogP) is 1.82. The second-order valence-electron chi connectivity index (χ2n) is 4.60. The Bertz CT molecular complexity index is 470. The van der Waals surface area contributed by atoms with Crippen LogP contribution in [0.5, 0.6) is 5.75 Å². The first-order valence-corrected chi connectivity index (χ1v) is 5.93. The molecule has 0 aliphatic carbocycles. The van der Waals surface area contributed by atoms with Crippen molar-refractivity contribution in [2.75, 3.05) is 7.11 Å². The van der Waals surface area contributed by atoms with E-state index in [-0.39, 0.29) is 18.6 Å². The lowest BCUT2D eigenvalue weighted by Crippen LogP contribution is -2.22. The molecule has 1 unspecified atom stereocenters. The molecule has 2 N–H and O–H groups in total. The summed E-state index contributed by atoms with van der Waals surface area (Å²) >= 11 is 0. The van der Waals surface area contributed by atoms with Crippen molar-refractivity contribution in [3.8, 4) is 5.75 Å². The van der Waals surface area contributed by atoms with Crippen molar-refractivity contribution in [2.24, 2.45) is 5.92 Å². The topological polar surface area (TPSA) is 83.8 Å². The number of carboxylic acids is 1. The van der Waals surface area contributed by atoms with Gasteiger partial charge in [-0.05, 0) is 37.0 Å². The van der Waals surface area contributed by atoms with Gasteiger partial charge in [-0.15, -0.1) is 0 Å². The third kappa shape index (κ3) is 3.98. The number of rotatable bonds is 5. The normalized spacial score (nSPS) is 11.9. The lowest BCUT2D eigenvalue weighted by molar-refractivity contribution is -0.150. The number of phenolic OH excluding ortho intramolecular Hbond substituents is 1. The Balaban J connectivity index is 2.96. The summed E-state index contributed by atoms with van der Waals surface area (Å²) in [6.45, 7) is 3.52. The number of hydrogen-bond donors (Lipinski definition) is 2. The summed E-state index contributed by atoms with van der Waals surface area (Å²) in [5.74, 6) is -2.07. The molecule has 0 amide bonds. The minimum Gasteiger partial charge on any atom is -0.507 e. The van der Waals surface area contributed by atoms with E-state index in [0.29, 0.717) is 11.1 Å². The average Bonchev–Trinajstić information content (AvgIpc) is 2.33. The Morgan fingerprint density at radius 2 is 1.79 bits per heavy atom. The Labute approximate surface area is 111 Å². The van der Waals surface area contributed by atoms with Gasteiger partial charge in [-0.1, -0.05) is 12.1 Å². The van der Waals surface area contributed by atoms with Crippen LogP contribution in [0.25, 0.3) is 0 Å². The van der Waals surface area contributed by atoms with E-state index in [1.165, 1.54) is 7.11 Å². The molecule has 0 radical (unpaired) electrons. The molecule has 1 aromatic rings. The van der Waals surface area contributed by atoms with Gasteiger partial charge in [-0.3, -0.25) is 9.59 Å². The zero-order valence-corrected chi connectivity index (χ0v) is 11.3. The highest BCUT2D eigenvalue weighted by Crippen LogP contribution is 2.25. The molecule has 0 aromatic heterocycles. The van der Waals surface area contributed by atoms with E-state index < -0.39 is 17.9 Å². The molecule has 1 rings (SSSR count). The smallest absolute Gasteiger partial charge is 0.309 e. The van der Waals surface area contributed by atoms with E-state index in [2.05, 4.69) is 4.74 Å². The Morgan fingerprint density at radius 1 is 1.26 bits per heavy atom. The number of aryl methyl sites for hydroxylation is 2. The molecule has 19 heavy (non-hydrogen) atoms. The van der Waals surface area contributed by atoms with E-state index in [4.69, 9.17) is 5.11 Å². The molecule has 104 valence electrons. The fourth-order valence-corrected chi connectivity index (χ4v) is 2.06. The van der Waals surface area contributed by atoms with Gasteiger partial charge < -0.3 is 14.9 Å². The molecule has 0 saturated carbocycles. The van der Waals surface area contributed by atoms with Crippen molar-refractivity contribution >= 4 is 11.9 Å². The van der Waals surface area contributed by atoms with E-state index >= 15 is 0 Å². The van der Waals surface area contributed by atoms with Crippen LogP contribution in [0.2, 0.25) is 0 Å². The molecule has 0 aliphatic heterocycles. The second kappa shape index (κ2) is 6.22. The number of esters is 1. The number of aliphatic carboxylic acids is 1. The summed E-state index contributed by atoms with van der Waals surface area (Å²) in [5.41, 5.74) is 2.22. The van der Waals surface area contributed by atoms with Crippen LogP contribution < -0.4 is 0 Å². The van der Waals surface area contributed by atoms with E-state index in [1.54, 1.807) is 26.0 Å².